The molecular weight excluding hydrogens is 248 g/mol. The molecule has 6 heteroatoms. The summed E-state index contributed by atoms with van der Waals surface area (Å²) >= 11 is 0. The Morgan fingerprint density at radius 1 is 1.16 bits per heavy atom. The number of hydrogen-bond donors (Lipinski definition) is 1. The van der Waals surface area contributed by atoms with E-state index in [9.17, 15) is 4.79 Å². The van der Waals surface area contributed by atoms with Gasteiger partial charge in [-0.1, -0.05) is 6.07 Å². The van der Waals surface area contributed by atoms with Crippen LogP contribution in [0.2, 0.25) is 0 Å². The maximum atomic E-state index is 12.1. The zero-order valence-electron chi connectivity index (χ0n) is 11.1. The fourth-order valence-electron chi connectivity index (χ4n) is 1.92. The highest BCUT2D eigenvalue weighted by Crippen LogP contribution is 2.37. The number of hydrogen-bond acceptors (Lipinski definition) is 5. The largest absolute Gasteiger partial charge is 0.493 e. The topological polar surface area (TPSA) is 60.0 Å². The summed E-state index contributed by atoms with van der Waals surface area (Å²) in [6.45, 7) is 2.82. The first-order chi connectivity index (χ1) is 9.26. The average molecular weight is 266 g/mol. The quantitative estimate of drug-likeness (QED) is 0.888. The molecule has 0 unspecified atom stereocenters. The van der Waals surface area contributed by atoms with Crippen molar-refractivity contribution in [2.24, 2.45) is 0 Å². The van der Waals surface area contributed by atoms with Crippen LogP contribution in [0.25, 0.3) is 0 Å². The van der Waals surface area contributed by atoms with E-state index in [2.05, 4.69) is 5.32 Å². The van der Waals surface area contributed by atoms with Gasteiger partial charge in [0.1, 0.15) is 0 Å². The van der Waals surface area contributed by atoms with Crippen molar-refractivity contribution in [3.8, 4) is 17.2 Å². The Bertz CT molecular complexity index is 422. The second-order valence-corrected chi connectivity index (χ2v) is 4.10. The second-order valence-electron chi connectivity index (χ2n) is 4.10. The van der Waals surface area contributed by atoms with Crippen molar-refractivity contribution in [1.29, 1.82) is 0 Å². The van der Waals surface area contributed by atoms with E-state index in [1.165, 1.54) is 14.2 Å². The SMILES string of the molecule is COc1cccc(OC)c1OC(=O)N1CCNCC1. The maximum absolute atomic E-state index is 12.1. The molecule has 1 aliphatic heterocycles. The molecule has 0 radical (unpaired) electrons. The molecule has 1 N–H and O–H groups in total. The van der Waals surface area contributed by atoms with Crippen molar-refractivity contribution in [3.63, 3.8) is 0 Å². The Morgan fingerprint density at radius 3 is 2.26 bits per heavy atom. The molecule has 1 amide bonds. The minimum Gasteiger partial charge on any atom is -0.493 e. The highest BCUT2D eigenvalue weighted by Gasteiger charge is 2.21. The van der Waals surface area contributed by atoms with Gasteiger partial charge in [-0.05, 0) is 12.1 Å². The Labute approximate surface area is 112 Å². The first-order valence-electron chi connectivity index (χ1n) is 6.14. The van der Waals surface area contributed by atoms with Crippen molar-refractivity contribution < 1.29 is 19.0 Å². The van der Waals surface area contributed by atoms with E-state index in [1.54, 1.807) is 23.1 Å². The van der Waals surface area contributed by atoms with Crippen LogP contribution in [-0.2, 0) is 0 Å². The van der Waals surface area contributed by atoms with Crippen molar-refractivity contribution in [3.05, 3.63) is 18.2 Å². The predicted octanol–water partition coefficient (Wildman–Crippen LogP) is 1.11. The minimum absolute atomic E-state index is 0.316. The Morgan fingerprint density at radius 2 is 1.74 bits per heavy atom. The molecule has 1 heterocycles. The number of piperazine rings is 1. The van der Waals surface area contributed by atoms with E-state index in [0.717, 1.165) is 13.1 Å². The third-order valence-corrected chi connectivity index (χ3v) is 2.95. The normalized spacial score (nSPS) is 14.9. The molecule has 6 nitrogen and oxygen atoms in total. The predicted molar refractivity (Wildman–Crippen MR) is 70.0 cm³/mol. The van der Waals surface area contributed by atoms with Crippen molar-refractivity contribution >= 4 is 6.09 Å². The molecule has 104 valence electrons. The third-order valence-electron chi connectivity index (χ3n) is 2.95. The van der Waals surface area contributed by atoms with Gasteiger partial charge in [-0.25, -0.2) is 4.79 Å². The van der Waals surface area contributed by atoms with Gasteiger partial charge in [0.25, 0.3) is 0 Å². The number of amides is 1. The van der Waals surface area contributed by atoms with E-state index < -0.39 is 0 Å². The van der Waals surface area contributed by atoms with Crippen LogP contribution in [-0.4, -0.2) is 51.4 Å². The van der Waals surface area contributed by atoms with Crippen molar-refractivity contribution in [2.75, 3.05) is 40.4 Å². The van der Waals surface area contributed by atoms with Crippen LogP contribution in [0.3, 0.4) is 0 Å². The molecule has 1 aromatic carbocycles. The number of para-hydroxylation sites is 1. The summed E-state index contributed by atoms with van der Waals surface area (Å²) in [5.41, 5.74) is 0. The Hall–Kier alpha value is -1.95. The summed E-state index contributed by atoms with van der Waals surface area (Å²) in [6.07, 6.45) is -0.385. The lowest BCUT2D eigenvalue weighted by atomic mass is 10.3. The van der Waals surface area contributed by atoms with Crippen molar-refractivity contribution in [2.45, 2.75) is 0 Å². The zero-order valence-corrected chi connectivity index (χ0v) is 11.1. The molecule has 1 aromatic rings. The number of nitrogens with one attached hydrogen (secondary N) is 1. The number of methoxy groups -OCH3 is 2. The molecule has 1 fully saturated rings. The van der Waals surface area contributed by atoms with Gasteiger partial charge in [-0.3, -0.25) is 0 Å². The van der Waals surface area contributed by atoms with Crippen LogP contribution in [0.1, 0.15) is 0 Å². The van der Waals surface area contributed by atoms with E-state index in [-0.39, 0.29) is 6.09 Å². The first kappa shape index (κ1) is 13.5. The van der Waals surface area contributed by atoms with Crippen LogP contribution in [0.15, 0.2) is 18.2 Å². The van der Waals surface area contributed by atoms with Crippen LogP contribution < -0.4 is 19.5 Å². The van der Waals surface area contributed by atoms with Crippen LogP contribution in [0.5, 0.6) is 17.2 Å². The van der Waals surface area contributed by atoms with E-state index in [1.807, 2.05) is 0 Å². The lowest BCUT2D eigenvalue weighted by Crippen LogP contribution is -2.47. The van der Waals surface area contributed by atoms with Gasteiger partial charge in [0.15, 0.2) is 11.5 Å². The third kappa shape index (κ3) is 3.08. The summed E-state index contributed by atoms with van der Waals surface area (Å²) in [4.78, 5) is 13.7. The Balaban J connectivity index is 2.15. The summed E-state index contributed by atoms with van der Waals surface area (Å²) in [5.74, 6) is 1.27. The second kappa shape index (κ2) is 6.29. The molecule has 0 aromatic heterocycles. The maximum Gasteiger partial charge on any atom is 0.415 e. The lowest BCUT2D eigenvalue weighted by molar-refractivity contribution is 0.142. The molecule has 0 saturated carbocycles. The number of rotatable bonds is 3. The van der Waals surface area contributed by atoms with Crippen LogP contribution in [0, 0.1) is 0 Å². The number of nitrogens with zero attached hydrogens (tertiary/aromatic N) is 1. The van der Waals surface area contributed by atoms with Gasteiger partial charge < -0.3 is 24.4 Å². The highest BCUT2D eigenvalue weighted by molar-refractivity contribution is 5.73. The van der Waals surface area contributed by atoms with E-state index in [0.29, 0.717) is 30.3 Å². The molecule has 19 heavy (non-hydrogen) atoms. The van der Waals surface area contributed by atoms with Crippen LogP contribution >= 0.6 is 0 Å². The van der Waals surface area contributed by atoms with E-state index in [4.69, 9.17) is 14.2 Å². The number of benzene rings is 1. The summed E-state index contributed by atoms with van der Waals surface area (Å²) in [6, 6.07) is 5.23. The fourth-order valence-corrected chi connectivity index (χ4v) is 1.92. The van der Waals surface area contributed by atoms with Gasteiger partial charge in [0.05, 0.1) is 14.2 Å². The van der Waals surface area contributed by atoms with Crippen molar-refractivity contribution in [1.82, 2.24) is 10.2 Å². The summed E-state index contributed by atoms with van der Waals surface area (Å²) < 4.78 is 15.8. The molecular formula is C13H18N2O4. The lowest BCUT2D eigenvalue weighted by Gasteiger charge is -2.26. The van der Waals surface area contributed by atoms with Gasteiger partial charge in [-0.15, -0.1) is 0 Å². The molecule has 0 aliphatic carbocycles. The molecule has 1 aliphatic rings. The fraction of sp³-hybridized carbons (Fsp3) is 0.462. The Kier molecular flexibility index (Phi) is 4.46. The zero-order chi connectivity index (χ0) is 13.7. The molecule has 0 spiro atoms. The standard InChI is InChI=1S/C13H18N2O4/c1-17-10-4-3-5-11(18-2)12(10)19-13(16)15-8-6-14-7-9-15/h3-5,14H,6-9H2,1-2H3. The van der Waals surface area contributed by atoms with Gasteiger partial charge in [0, 0.05) is 26.2 Å². The average Bonchev–Trinajstić information content (AvgIpc) is 2.48. The molecule has 2 rings (SSSR count). The van der Waals surface area contributed by atoms with Crippen LogP contribution in [0.4, 0.5) is 4.79 Å². The summed E-state index contributed by atoms with van der Waals surface area (Å²) in [7, 11) is 3.05. The first-order valence-corrected chi connectivity index (χ1v) is 6.14. The monoisotopic (exact) mass is 266 g/mol. The highest BCUT2D eigenvalue weighted by atomic mass is 16.6. The summed E-state index contributed by atoms with van der Waals surface area (Å²) in [5, 5.41) is 3.18. The minimum atomic E-state index is -0.385. The molecule has 1 saturated heterocycles. The van der Waals surface area contributed by atoms with E-state index >= 15 is 0 Å². The number of carbonyl (C=O) groups is 1. The number of carbonyl (C=O) groups excluding carboxylic acids is 1. The molecule has 0 bridgehead atoms. The van der Waals surface area contributed by atoms with Gasteiger partial charge in [-0.2, -0.15) is 0 Å². The molecule has 0 atom stereocenters. The van der Waals surface area contributed by atoms with Gasteiger partial charge >= 0.3 is 6.09 Å². The smallest absolute Gasteiger partial charge is 0.415 e. The van der Waals surface area contributed by atoms with Gasteiger partial charge in [0.2, 0.25) is 5.75 Å². The number of ether oxygens (including phenoxy) is 3.